The second-order valence-electron chi connectivity index (χ2n) is 11.2. The fraction of sp³-hybridized carbons (Fsp3) is 0.643. The van der Waals surface area contributed by atoms with Crippen LogP contribution in [0, 0.1) is 17.3 Å². The van der Waals surface area contributed by atoms with Gasteiger partial charge < -0.3 is 10.1 Å². The van der Waals surface area contributed by atoms with Crippen molar-refractivity contribution in [3.63, 3.8) is 0 Å². The lowest BCUT2D eigenvalue weighted by Crippen LogP contribution is -2.49. The lowest BCUT2D eigenvalue weighted by Gasteiger charge is -2.42. The van der Waals surface area contributed by atoms with Crippen molar-refractivity contribution in [2.75, 3.05) is 38.5 Å². The van der Waals surface area contributed by atoms with Crippen LogP contribution in [0.25, 0.3) is 0 Å². The predicted octanol–water partition coefficient (Wildman–Crippen LogP) is 4.20. The number of nitrogens with one attached hydrogen (secondary N) is 1. The fourth-order valence-corrected chi connectivity index (χ4v) is 6.45. The molecule has 1 aliphatic heterocycles. The van der Waals surface area contributed by atoms with Crippen molar-refractivity contribution in [1.82, 2.24) is 10.2 Å². The molecule has 0 aromatic rings. The van der Waals surface area contributed by atoms with E-state index in [-0.39, 0.29) is 34.5 Å². The number of amides is 1. The Hall–Kier alpha value is -2.40. The van der Waals surface area contributed by atoms with Gasteiger partial charge in [-0.25, -0.2) is 13.0 Å². The summed E-state index contributed by atoms with van der Waals surface area (Å²) in [4.78, 5) is 15.4. The van der Waals surface area contributed by atoms with Crippen molar-refractivity contribution < 1.29 is 35.7 Å². The van der Waals surface area contributed by atoms with E-state index in [9.17, 15) is 26.4 Å². The minimum absolute atomic E-state index is 0.00959. The standard InChI is InChI=1S/C28H40F3N3O4S/c1-7-39(36,37)24-9-8-20(4)14-23(24)17-32-26(35)22-15-21(5)27(6,25(16-22)38-28(29,30)31)18-33-10-12-34(13-11-33)19(2)3/h8-9,12,15-16,19-21H,7,10-11,13-14,17-18H2,1-6H3/p+1. The number of allylic oxidation sites excluding steroid dienone is 3. The zero-order chi connectivity index (χ0) is 29.2. The van der Waals surface area contributed by atoms with Crippen LogP contribution in [-0.2, 0) is 19.4 Å². The van der Waals surface area contributed by atoms with Gasteiger partial charge in [-0.15, -0.1) is 13.2 Å². The Morgan fingerprint density at radius 2 is 2.00 bits per heavy atom. The minimum atomic E-state index is -4.91. The smallest absolute Gasteiger partial charge is 0.410 e. The summed E-state index contributed by atoms with van der Waals surface area (Å²) < 4.78 is 72.3. The SMILES string of the molecule is CCS(=O)(=O)C1=C(CNC(=O)C2=CC(C)C(C)(CN3CC=[N+](C(C)C)CC3)C(OC(F)(F)F)=C2)CC(C)C=C1. The molecule has 0 saturated heterocycles. The number of hydrogen-bond acceptors (Lipinski definition) is 5. The summed E-state index contributed by atoms with van der Waals surface area (Å²) in [6, 6.07) is 0.353. The topological polar surface area (TPSA) is 78.7 Å². The Morgan fingerprint density at radius 1 is 1.31 bits per heavy atom. The van der Waals surface area contributed by atoms with Gasteiger partial charge in [0, 0.05) is 24.1 Å². The van der Waals surface area contributed by atoms with Crippen LogP contribution >= 0.6 is 0 Å². The van der Waals surface area contributed by atoms with E-state index in [0.717, 1.165) is 6.54 Å². The van der Waals surface area contributed by atoms with E-state index >= 15 is 0 Å². The molecule has 3 rings (SSSR count). The molecule has 2 aliphatic carbocycles. The molecule has 3 unspecified atom stereocenters. The van der Waals surface area contributed by atoms with Gasteiger partial charge in [0.15, 0.2) is 22.6 Å². The van der Waals surface area contributed by atoms with Crippen LogP contribution in [0.2, 0.25) is 0 Å². The first-order valence-electron chi connectivity index (χ1n) is 13.5. The van der Waals surface area contributed by atoms with Crippen molar-refractivity contribution in [2.24, 2.45) is 17.3 Å². The molecule has 3 atom stereocenters. The summed E-state index contributed by atoms with van der Waals surface area (Å²) in [6.07, 6.45) is 3.88. The second-order valence-corrected chi connectivity index (χ2v) is 13.5. The van der Waals surface area contributed by atoms with Crippen LogP contribution in [0.15, 0.2) is 46.1 Å². The van der Waals surface area contributed by atoms with E-state index in [1.807, 2.05) is 13.0 Å². The summed E-state index contributed by atoms with van der Waals surface area (Å²) >= 11 is 0. The highest BCUT2D eigenvalue weighted by Crippen LogP contribution is 2.44. The maximum Gasteiger partial charge on any atom is 0.572 e. The molecule has 1 N–H and O–H groups in total. The number of nitrogens with zero attached hydrogens (tertiary/aromatic N) is 2. The van der Waals surface area contributed by atoms with Gasteiger partial charge in [0.2, 0.25) is 0 Å². The summed E-state index contributed by atoms with van der Waals surface area (Å²) in [7, 11) is -3.48. The number of rotatable bonds is 9. The minimum Gasteiger partial charge on any atom is -0.410 e. The largest absolute Gasteiger partial charge is 0.572 e. The molecule has 0 bridgehead atoms. The first-order chi connectivity index (χ1) is 18.1. The van der Waals surface area contributed by atoms with Crippen molar-refractivity contribution in [1.29, 1.82) is 0 Å². The summed E-state index contributed by atoms with van der Waals surface area (Å²) in [5.74, 6) is -1.27. The molecular formula is C28H41F3N3O4S+. The summed E-state index contributed by atoms with van der Waals surface area (Å²) in [5.41, 5.74) is -0.362. The molecule has 218 valence electrons. The van der Waals surface area contributed by atoms with Gasteiger partial charge >= 0.3 is 6.36 Å². The maximum atomic E-state index is 13.5. The highest BCUT2D eigenvalue weighted by molar-refractivity contribution is 7.95. The molecule has 0 radical (unpaired) electrons. The molecule has 0 fully saturated rings. The van der Waals surface area contributed by atoms with Crippen LogP contribution in [0.1, 0.15) is 48.0 Å². The molecule has 0 saturated carbocycles. The number of halogens is 3. The van der Waals surface area contributed by atoms with Crippen molar-refractivity contribution >= 4 is 22.0 Å². The van der Waals surface area contributed by atoms with Gasteiger partial charge in [-0.2, -0.15) is 0 Å². The van der Waals surface area contributed by atoms with E-state index < -0.39 is 33.4 Å². The molecule has 0 aromatic heterocycles. The molecule has 0 spiro atoms. The van der Waals surface area contributed by atoms with Gasteiger partial charge in [-0.1, -0.05) is 39.8 Å². The Labute approximate surface area is 230 Å². The van der Waals surface area contributed by atoms with Gasteiger partial charge in [0.1, 0.15) is 11.8 Å². The maximum absolute atomic E-state index is 13.5. The number of ether oxygens (including phenoxy) is 1. The quantitative estimate of drug-likeness (QED) is 0.419. The van der Waals surface area contributed by atoms with Crippen molar-refractivity contribution in [3.8, 4) is 0 Å². The van der Waals surface area contributed by atoms with Crippen LogP contribution in [-0.4, -0.2) is 80.9 Å². The van der Waals surface area contributed by atoms with Crippen LogP contribution in [0.3, 0.4) is 0 Å². The summed E-state index contributed by atoms with van der Waals surface area (Å²) in [5, 5.41) is 2.73. The van der Waals surface area contributed by atoms with Crippen molar-refractivity contribution in [3.05, 3.63) is 46.1 Å². The average Bonchev–Trinajstić information content (AvgIpc) is 2.84. The Morgan fingerprint density at radius 3 is 2.56 bits per heavy atom. The zero-order valence-corrected chi connectivity index (χ0v) is 24.5. The second kappa shape index (κ2) is 12.0. The molecule has 3 aliphatic rings. The fourth-order valence-electron chi connectivity index (χ4n) is 5.26. The number of carbonyl (C=O) groups is 1. The first kappa shape index (κ1) is 31.1. The van der Waals surface area contributed by atoms with E-state index in [1.54, 1.807) is 32.9 Å². The monoisotopic (exact) mass is 572 g/mol. The number of alkyl halides is 3. The highest BCUT2D eigenvalue weighted by atomic mass is 32.2. The zero-order valence-electron chi connectivity index (χ0n) is 23.6. The molecule has 1 heterocycles. The average molecular weight is 573 g/mol. The summed E-state index contributed by atoms with van der Waals surface area (Å²) in [6.45, 7) is 13.6. The Balaban J connectivity index is 1.83. The van der Waals surface area contributed by atoms with E-state index in [1.165, 1.54) is 6.08 Å². The molecule has 0 aromatic carbocycles. The normalized spacial score (nSPS) is 26.8. The van der Waals surface area contributed by atoms with Crippen LogP contribution in [0.4, 0.5) is 13.2 Å². The lowest BCUT2D eigenvalue weighted by atomic mass is 9.71. The third-order valence-corrected chi connectivity index (χ3v) is 9.76. The number of hydrogen-bond donors (Lipinski definition) is 1. The third kappa shape index (κ3) is 7.63. The molecule has 39 heavy (non-hydrogen) atoms. The lowest BCUT2D eigenvalue weighted by molar-refractivity contribution is -0.559. The number of sulfone groups is 1. The van der Waals surface area contributed by atoms with Gasteiger partial charge in [-0.3, -0.25) is 9.69 Å². The van der Waals surface area contributed by atoms with Crippen LogP contribution in [0.5, 0.6) is 0 Å². The van der Waals surface area contributed by atoms with E-state index in [2.05, 4.69) is 39.6 Å². The van der Waals surface area contributed by atoms with E-state index in [0.29, 0.717) is 37.7 Å². The number of carbonyl (C=O) groups excluding carboxylic acids is 1. The molecule has 11 heteroatoms. The third-order valence-electron chi connectivity index (χ3n) is 7.91. The van der Waals surface area contributed by atoms with Gasteiger partial charge in [-0.05, 0) is 49.8 Å². The Bertz CT molecular complexity index is 1210. The van der Waals surface area contributed by atoms with Crippen molar-refractivity contribution in [2.45, 2.75) is 60.4 Å². The molecule has 7 nitrogen and oxygen atoms in total. The highest BCUT2D eigenvalue weighted by Gasteiger charge is 2.46. The molecular weight excluding hydrogens is 531 g/mol. The van der Waals surface area contributed by atoms with Gasteiger partial charge in [0.25, 0.3) is 5.91 Å². The van der Waals surface area contributed by atoms with Crippen LogP contribution < -0.4 is 5.32 Å². The van der Waals surface area contributed by atoms with E-state index in [4.69, 9.17) is 0 Å². The molecule has 1 amide bonds. The first-order valence-corrected chi connectivity index (χ1v) is 15.1. The predicted molar refractivity (Wildman–Crippen MR) is 146 cm³/mol. The van der Waals surface area contributed by atoms with Gasteiger partial charge in [0.05, 0.1) is 23.7 Å². The Kier molecular flexibility index (Phi) is 9.58.